The first-order chi connectivity index (χ1) is 6.63. The van der Waals surface area contributed by atoms with E-state index in [1.807, 2.05) is 12.1 Å². The van der Waals surface area contributed by atoms with Crippen molar-refractivity contribution in [1.29, 1.82) is 0 Å². The second kappa shape index (κ2) is 5.38. The molecule has 0 aliphatic heterocycles. The fraction of sp³-hybridized carbons (Fsp3) is 0.500. The van der Waals surface area contributed by atoms with Crippen LogP contribution in [-0.4, -0.2) is 11.0 Å². The number of aliphatic hydroxyl groups excluding tert-OH is 1. The van der Waals surface area contributed by atoms with E-state index in [1.165, 1.54) is 5.56 Å². The summed E-state index contributed by atoms with van der Waals surface area (Å²) in [5.74, 6) is 0.919. The van der Waals surface area contributed by atoms with Crippen molar-refractivity contribution < 1.29 is 5.11 Å². The molecule has 1 nitrogen and oxygen atoms in total. The highest BCUT2D eigenvalue weighted by molar-refractivity contribution is 6.18. The van der Waals surface area contributed by atoms with Gasteiger partial charge in [-0.25, -0.2) is 0 Å². The molecule has 1 aromatic rings. The van der Waals surface area contributed by atoms with Gasteiger partial charge in [0, 0.05) is 0 Å². The van der Waals surface area contributed by atoms with Crippen molar-refractivity contribution in [3.8, 4) is 0 Å². The monoisotopic (exact) mass is 212 g/mol. The number of hydrogen-bond donors (Lipinski definition) is 1. The maximum Gasteiger partial charge on any atom is 0.0925 e. The molecule has 78 valence electrons. The molecule has 0 fully saturated rings. The van der Waals surface area contributed by atoms with Crippen LogP contribution in [0.3, 0.4) is 0 Å². The van der Waals surface area contributed by atoms with Gasteiger partial charge in [-0.05, 0) is 23.5 Å². The van der Waals surface area contributed by atoms with Gasteiger partial charge in [0.2, 0.25) is 0 Å². The van der Waals surface area contributed by atoms with Gasteiger partial charge in [-0.1, -0.05) is 38.1 Å². The van der Waals surface area contributed by atoms with E-state index >= 15 is 0 Å². The molecule has 2 heteroatoms. The number of aliphatic hydroxyl groups is 1. The van der Waals surface area contributed by atoms with E-state index in [1.54, 1.807) is 0 Å². The third-order valence-corrected chi connectivity index (χ3v) is 2.45. The molecule has 1 N–H and O–H groups in total. The van der Waals surface area contributed by atoms with Crippen molar-refractivity contribution in [3.05, 3.63) is 35.4 Å². The topological polar surface area (TPSA) is 20.2 Å². The number of benzene rings is 1. The van der Waals surface area contributed by atoms with Gasteiger partial charge < -0.3 is 5.11 Å². The fourth-order valence-corrected chi connectivity index (χ4v) is 1.61. The first kappa shape index (κ1) is 11.5. The molecule has 0 spiro atoms. The Morgan fingerprint density at radius 1 is 1.21 bits per heavy atom. The van der Waals surface area contributed by atoms with Crippen molar-refractivity contribution in [2.24, 2.45) is 5.92 Å². The molecule has 0 amide bonds. The lowest BCUT2D eigenvalue weighted by Crippen LogP contribution is -1.99. The second-order valence-corrected chi connectivity index (χ2v) is 4.32. The summed E-state index contributed by atoms with van der Waals surface area (Å²) in [5, 5.41) is 9.47. The highest BCUT2D eigenvalue weighted by Crippen LogP contribution is 2.16. The third-order valence-electron chi connectivity index (χ3n) is 2.15. The van der Waals surface area contributed by atoms with E-state index in [0.717, 1.165) is 12.0 Å². The SMILES string of the molecule is CC(C)Cc1ccc([C@H](O)CCl)cc1. The van der Waals surface area contributed by atoms with Gasteiger partial charge in [0.25, 0.3) is 0 Å². The zero-order chi connectivity index (χ0) is 10.6. The first-order valence-corrected chi connectivity index (χ1v) is 5.49. The van der Waals surface area contributed by atoms with E-state index < -0.39 is 6.10 Å². The van der Waals surface area contributed by atoms with Crippen LogP contribution >= 0.6 is 11.6 Å². The minimum absolute atomic E-state index is 0.253. The Bertz CT molecular complexity index is 266. The zero-order valence-corrected chi connectivity index (χ0v) is 9.46. The molecule has 0 saturated carbocycles. The van der Waals surface area contributed by atoms with Crippen molar-refractivity contribution in [2.45, 2.75) is 26.4 Å². The lowest BCUT2D eigenvalue weighted by atomic mass is 10.0. The molecule has 0 unspecified atom stereocenters. The van der Waals surface area contributed by atoms with Crippen LogP contribution in [0.1, 0.15) is 31.1 Å². The summed E-state index contributed by atoms with van der Waals surface area (Å²) in [4.78, 5) is 0. The number of halogens is 1. The lowest BCUT2D eigenvalue weighted by Gasteiger charge is -2.09. The summed E-state index contributed by atoms with van der Waals surface area (Å²) in [6.45, 7) is 4.39. The van der Waals surface area contributed by atoms with Crippen LogP contribution in [0.5, 0.6) is 0 Å². The van der Waals surface area contributed by atoms with Crippen LogP contribution in [0.25, 0.3) is 0 Å². The van der Waals surface area contributed by atoms with E-state index in [-0.39, 0.29) is 5.88 Å². The quantitative estimate of drug-likeness (QED) is 0.761. The molecule has 1 aromatic carbocycles. The van der Waals surface area contributed by atoms with E-state index in [9.17, 15) is 5.11 Å². The highest BCUT2D eigenvalue weighted by Gasteiger charge is 2.05. The Kier molecular flexibility index (Phi) is 4.43. The first-order valence-electron chi connectivity index (χ1n) is 4.96. The summed E-state index contributed by atoms with van der Waals surface area (Å²) in [5.41, 5.74) is 2.21. The van der Waals surface area contributed by atoms with Crippen LogP contribution in [0.2, 0.25) is 0 Å². The van der Waals surface area contributed by atoms with Gasteiger partial charge in [0.05, 0.1) is 12.0 Å². The zero-order valence-electron chi connectivity index (χ0n) is 8.70. The van der Waals surface area contributed by atoms with Gasteiger partial charge in [0.1, 0.15) is 0 Å². The summed E-state index contributed by atoms with van der Waals surface area (Å²) in [7, 11) is 0. The maximum atomic E-state index is 9.47. The summed E-state index contributed by atoms with van der Waals surface area (Å²) >= 11 is 5.56. The molecule has 0 aliphatic carbocycles. The average molecular weight is 213 g/mol. The molecule has 0 aliphatic rings. The number of rotatable bonds is 4. The molecule has 0 aromatic heterocycles. The predicted molar refractivity (Wildman–Crippen MR) is 60.7 cm³/mol. The van der Waals surface area contributed by atoms with Gasteiger partial charge in [0.15, 0.2) is 0 Å². The minimum Gasteiger partial charge on any atom is -0.387 e. The van der Waals surface area contributed by atoms with E-state index in [2.05, 4.69) is 26.0 Å². The van der Waals surface area contributed by atoms with Gasteiger partial charge >= 0.3 is 0 Å². The van der Waals surface area contributed by atoms with Gasteiger partial charge in [-0.2, -0.15) is 0 Å². The van der Waals surface area contributed by atoms with Crippen LogP contribution in [0, 0.1) is 5.92 Å². The molecule has 0 bridgehead atoms. The van der Waals surface area contributed by atoms with E-state index in [0.29, 0.717) is 5.92 Å². The van der Waals surface area contributed by atoms with Crippen molar-refractivity contribution in [1.82, 2.24) is 0 Å². The molecular weight excluding hydrogens is 196 g/mol. The largest absolute Gasteiger partial charge is 0.387 e. The molecule has 0 radical (unpaired) electrons. The summed E-state index contributed by atoms with van der Waals surface area (Å²) in [6, 6.07) is 8.02. The van der Waals surface area contributed by atoms with Crippen molar-refractivity contribution in [3.63, 3.8) is 0 Å². The fourth-order valence-electron chi connectivity index (χ4n) is 1.44. The summed E-state index contributed by atoms with van der Waals surface area (Å²) in [6.07, 6.45) is 0.543. The second-order valence-electron chi connectivity index (χ2n) is 4.01. The molecule has 1 atom stereocenters. The van der Waals surface area contributed by atoms with Crippen LogP contribution in [0.4, 0.5) is 0 Å². The van der Waals surface area contributed by atoms with Crippen LogP contribution in [-0.2, 0) is 6.42 Å². The summed E-state index contributed by atoms with van der Waals surface area (Å²) < 4.78 is 0. The minimum atomic E-state index is -0.537. The third kappa shape index (κ3) is 3.32. The van der Waals surface area contributed by atoms with Crippen molar-refractivity contribution in [2.75, 3.05) is 5.88 Å². The van der Waals surface area contributed by atoms with Gasteiger partial charge in [-0.15, -0.1) is 11.6 Å². The number of hydrogen-bond acceptors (Lipinski definition) is 1. The van der Waals surface area contributed by atoms with E-state index in [4.69, 9.17) is 11.6 Å². The Hall–Kier alpha value is -0.530. The smallest absolute Gasteiger partial charge is 0.0925 e. The van der Waals surface area contributed by atoms with Gasteiger partial charge in [-0.3, -0.25) is 0 Å². The molecular formula is C12H17ClO. The van der Waals surface area contributed by atoms with Crippen molar-refractivity contribution >= 4 is 11.6 Å². The lowest BCUT2D eigenvalue weighted by molar-refractivity contribution is 0.202. The number of alkyl halides is 1. The Morgan fingerprint density at radius 3 is 2.21 bits per heavy atom. The molecule has 0 heterocycles. The average Bonchev–Trinajstić information content (AvgIpc) is 2.17. The molecule has 14 heavy (non-hydrogen) atoms. The Balaban J connectivity index is 2.68. The predicted octanol–water partition coefficient (Wildman–Crippen LogP) is 3.16. The van der Waals surface area contributed by atoms with Crippen LogP contribution in [0.15, 0.2) is 24.3 Å². The molecule has 1 rings (SSSR count). The normalized spacial score (nSPS) is 13.2. The Labute approximate surface area is 90.7 Å². The molecule has 0 saturated heterocycles. The Morgan fingerprint density at radius 2 is 1.79 bits per heavy atom. The highest BCUT2D eigenvalue weighted by atomic mass is 35.5. The van der Waals surface area contributed by atoms with Crippen LogP contribution < -0.4 is 0 Å². The maximum absolute atomic E-state index is 9.47. The standard InChI is InChI=1S/C12H17ClO/c1-9(2)7-10-3-5-11(6-4-10)12(14)8-13/h3-6,9,12,14H,7-8H2,1-2H3/t12-/m1/s1.